The van der Waals surface area contributed by atoms with E-state index in [9.17, 15) is 19.7 Å². The van der Waals surface area contributed by atoms with Gasteiger partial charge < -0.3 is 14.8 Å². The molecule has 1 saturated carbocycles. The molecule has 0 spiro atoms. The molecule has 0 amide bonds. The molecular weight excluding hydrogens is 376 g/mol. The van der Waals surface area contributed by atoms with Gasteiger partial charge in [-0.2, -0.15) is 0 Å². The number of nitrogens with zero attached hydrogens (tertiary/aromatic N) is 1. The second-order valence-electron chi connectivity index (χ2n) is 7.25. The predicted molar refractivity (Wildman–Crippen MR) is 105 cm³/mol. The summed E-state index contributed by atoms with van der Waals surface area (Å²) in [5, 5.41) is 14.3. The van der Waals surface area contributed by atoms with Crippen molar-refractivity contribution in [2.45, 2.75) is 39.5 Å². The highest BCUT2D eigenvalue weighted by atomic mass is 16.6. The molecule has 154 valence electrons. The second-order valence-corrected chi connectivity index (χ2v) is 7.25. The summed E-state index contributed by atoms with van der Waals surface area (Å²) < 4.78 is 10.7. The number of hydrogen-bond acceptors (Lipinski definition) is 7. The van der Waals surface area contributed by atoms with Crippen LogP contribution in [0.3, 0.4) is 0 Å². The van der Waals surface area contributed by atoms with E-state index in [0.29, 0.717) is 29.5 Å². The summed E-state index contributed by atoms with van der Waals surface area (Å²) in [6.07, 6.45) is 2.07. The molecule has 1 aliphatic heterocycles. The molecular formula is C21H24N2O6. The lowest BCUT2D eigenvalue weighted by atomic mass is 9.80. The molecule has 0 saturated heterocycles. The van der Waals surface area contributed by atoms with Gasteiger partial charge in [-0.15, -0.1) is 0 Å². The summed E-state index contributed by atoms with van der Waals surface area (Å²) in [4.78, 5) is 36.4. The fourth-order valence-corrected chi connectivity index (χ4v) is 3.45. The third-order valence-electron chi connectivity index (χ3n) is 5.04. The van der Waals surface area contributed by atoms with Crippen LogP contribution in [-0.2, 0) is 19.1 Å². The molecule has 0 aromatic heterocycles. The monoisotopic (exact) mass is 400 g/mol. The summed E-state index contributed by atoms with van der Waals surface area (Å²) in [6.45, 7) is 5.63. The second kappa shape index (κ2) is 8.46. The molecule has 1 aliphatic carbocycles. The number of esters is 2. The van der Waals surface area contributed by atoms with Gasteiger partial charge in [0.15, 0.2) is 0 Å². The van der Waals surface area contributed by atoms with E-state index in [0.717, 1.165) is 12.8 Å². The standard InChI is InChI=1S/C21H24N2O6/c1-4-28-20(24)17-12(2)22-13(3)18(21(25)29-11-14-8-9-14)19(17)15-6-5-7-16(10-15)23(26)27/h5-7,10,14,19,22H,4,8-9,11H2,1-3H3/t19-/m1/s1. The number of ether oxygens (including phenoxy) is 2. The van der Waals surface area contributed by atoms with Crippen LogP contribution in [0, 0.1) is 16.0 Å². The number of allylic oxidation sites excluding steroid dienone is 2. The highest BCUT2D eigenvalue weighted by Gasteiger charge is 2.39. The van der Waals surface area contributed by atoms with Gasteiger partial charge in [0.25, 0.3) is 5.69 Å². The normalized spacial score (nSPS) is 18.9. The quantitative estimate of drug-likeness (QED) is 0.425. The molecule has 1 heterocycles. The van der Waals surface area contributed by atoms with Crippen molar-refractivity contribution in [3.63, 3.8) is 0 Å². The number of non-ortho nitro benzene ring substituents is 1. The Morgan fingerprint density at radius 1 is 1.14 bits per heavy atom. The van der Waals surface area contributed by atoms with Gasteiger partial charge in [0.1, 0.15) is 0 Å². The maximum atomic E-state index is 12.9. The highest BCUT2D eigenvalue weighted by molar-refractivity contribution is 6.00. The van der Waals surface area contributed by atoms with Crippen molar-refractivity contribution < 1.29 is 24.0 Å². The summed E-state index contributed by atoms with van der Waals surface area (Å²) in [5.41, 5.74) is 1.94. The van der Waals surface area contributed by atoms with Crippen LogP contribution < -0.4 is 5.32 Å². The van der Waals surface area contributed by atoms with Crippen LogP contribution in [0.5, 0.6) is 0 Å². The molecule has 0 unspecified atom stereocenters. The molecule has 0 bridgehead atoms. The number of rotatable bonds is 7. The summed E-state index contributed by atoms with van der Waals surface area (Å²) >= 11 is 0. The van der Waals surface area contributed by atoms with Gasteiger partial charge in [0, 0.05) is 23.5 Å². The smallest absolute Gasteiger partial charge is 0.336 e. The molecule has 1 fully saturated rings. The van der Waals surface area contributed by atoms with Crippen LogP contribution >= 0.6 is 0 Å². The first-order chi connectivity index (χ1) is 13.8. The average Bonchev–Trinajstić information content (AvgIpc) is 3.50. The third-order valence-corrected chi connectivity index (χ3v) is 5.04. The Labute approximate surface area is 168 Å². The van der Waals surface area contributed by atoms with Crippen molar-refractivity contribution in [3.05, 3.63) is 62.5 Å². The Kier molecular flexibility index (Phi) is 6.00. The first-order valence-corrected chi connectivity index (χ1v) is 9.60. The van der Waals surface area contributed by atoms with Crippen molar-refractivity contribution in [2.24, 2.45) is 5.92 Å². The van der Waals surface area contributed by atoms with Gasteiger partial charge in [-0.05, 0) is 45.1 Å². The van der Waals surface area contributed by atoms with Gasteiger partial charge in [0.2, 0.25) is 0 Å². The van der Waals surface area contributed by atoms with E-state index in [-0.39, 0.29) is 23.4 Å². The van der Waals surface area contributed by atoms with Gasteiger partial charge in [-0.1, -0.05) is 12.1 Å². The number of nitro groups is 1. The molecule has 29 heavy (non-hydrogen) atoms. The van der Waals surface area contributed by atoms with Gasteiger partial charge in [-0.25, -0.2) is 9.59 Å². The van der Waals surface area contributed by atoms with Gasteiger partial charge in [0.05, 0.1) is 35.2 Å². The zero-order valence-electron chi connectivity index (χ0n) is 16.7. The number of benzene rings is 1. The van der Waals surface area contributed by atoms with Crippen molar-refractivity contribution in [1.29, 1.82) is 0 Å². The summed E-state index contributed by atoms with van der Waals surface area (Å²) in [5.74, 6) is -1.54. The molecule has 2 aliphatic rings. The Hall–Kier alpha value is -3.16. The highest BCUT2D eigenvalue weighted by Crippen LogP contribution is 2.40. The summed E-state index contributed by atoms with van der Waals surface area (Å²) in [6, 6.07) is 5.95. The van der Waals surface area contributed by atoms with Crippen LogP contribution in [0.25, 0.3) is 0 Å². The van der Waals surface area contributed by atoms with E-state index in [1.807, 2.05) is 0 Å². The fraction of sp³-hybridized carbons (Fsp3) is 0.429. The number of nitro benzene ring substituents is 1. The van der Waals surface area contributed by atoms with Crippen LogP contribution in [0.2, 0.25) is 0 Å². The zero-order chi connectivity index (χ0) is 21.1. The van der Waals surface area contributed by atoms with E-state index in [1.54, 1.807) is 26.8 Å². The van der Waals surface area contributed by atoms with Crippen LogP contribution in [0.15, 0.2) is 46.8 Å². The molecule has 0 radical (unpaired) electrons. The minimum Gasteiger partial charge on any atom is -0.463 e. The first-order valence-electron chi connectivity index (χ1n) is 9.60. The minimum absolute atomic E-state index is 0.120. The Balaban J connectivity index is 2.07. The SMILES string of the molecule is CCOC(=O)C1=C(C)NC(C)=C(C(=O)OCC2CC2)[C@@H]1c1cccc([N+](=O)[O-])c1. The van der Waals surface area contributed by atoms with Crippen LogP contribution in [-0.4, -0.2) is 30.1 Å². The van der Waals surface area contributed by atoms with E-state index < -0.39 is 22.8 Å². The van der Waals surface area contributed by atoms with Gasteiger partial charge >= 0.3 is 11.9 Å². The number of dihydropyridines is 1. The van der Waals surface area contributed by atoms with Gasteiger partial charge in [-0.3, -0.25) is 10.1 Å². The Morgan fingerprint density at radius 3 is 2.31 bits per heavy atom. The van der Waals surface area contributed by atoms with Crippen molar-refractivity contribution >= 4 is 17.6 Å². The largest absolute Gasteiger partial charge is 0.463 e. The molecule has 1 aromatic carbocycles. The molecule has 1 N–H and O–H groups in total. The van der Waals surface area contributed by atoms with Crippen LogP contribution in [0.4, 0.5) is 5.69 Å². The lowest BCUT2D eigenvalue weighted by molar-refractivity contribution is -0.384. The van der Waals surface area contributed by atoms with E-state index in [2.05, 4.69) is 5.32 Å². The first kappa shape index (κ1) is 20.6. The van der Waals surface area contributed by atoms with E-state index >= 15 is 0 Å². The third kappa shape index (κ3) is 4.47. The number of carbonyl (C=O) groups excluding carboxylic acids is 2. The Morgan fingerprint density at radius 2 is 1.76 bits per heavy atom. The number of nitrogens with one attached hydrogen (secondary N) is 1. The van der Waals surface area contributed by atoms with Crippen LogP contribution in [0.1, 0.15) is 45.1 Å². The van der Waals surface area contributed by atoms with Crippen molar-refractivity contribution in [3.8, 4) is 0 Å². The minimum atomic E-state index is -0.818. The van der Waals surface area contributed by atoms with Crippen molar-refractivity contribution in [2.75, 3.05) is 13.2 Å². The Bertz CT molecular complexity index is 914. The molecule has 8 nitrogen and oxygen atoms in total. The number of hydrogen-bond donors (Lipinski definition) is 1. The molecule has 8 heteroatoms. The van der Waals surface area contributed by atoms with E-state index in [1.165, 1.54) is 18.2 Å². The maximum absolute atomic E-state index is 12.9. The summed E-state index contributed by atoms with van der Waals surface area (Å²) in [7, 11) is 0. The molecule has 3 rings (SSSR count). The maximum Gasteiger partial charge on any atom is 0.336 e. The zero-order valence-corrected chi connectivity index (χ0v) is 16.7. The lowest BCUT2D eigenvalue weighted by Crippen LogP contribution is -2.32. The van der Waals surface area contributed by atoms with Crippen molar-refractivity contribution in [1.82, 2.24) is 5.32 Å². The fourth-order valence-electron chi connectivity index (χ4n) is 3.45. The average molecular weight is 400 g/mol. The predicted octanol–water partition coefficient (Wildman–Crippen LogP) is 3.35. The molecule has 1 atom stereocenters. The molecule has 1 aromatic rings. The lowest BCUT2D eigenvalue weighted by Gasteiger charge is -2.30. The van der Waals surface area contributed by atoms with E-state index in [4.69, 9.17) is 9.47 Å². The topological polar surface area (TPSA) is 108 Å². The number of carbonyl (C=O) groups is 2.